The molecule has 0 bridgehead atoms. The van der Waals surface area contributed by atoms with Gasteiger partial charge in [0.1, 0.15) is 0 Å². The molecule has 0 radical (unpaired) electrons. The molecule has 0 aliphatic rings. The minimum atomic E-state index is -0.546. The predicted octanol–water partition coefficient (Wildman–Crippen LogP) is 1.61. The molecule has 0 spiro atoms. The molecule has 0 fully saturated rings. The van der Waals surface area contributed by atoms with E-state index in [0.29, 0.717) is 5.75 Å². The highest BCUT2D eigenvalue weighted by atomic mass is 16.5. The number of hydrogen-bond donors (Lipinski definition) is 3. The number of nitrogens with one attached hydrogen (secondary N) is 1. The molecule has 4 heteroatoms. The van der Waals surface area contributed by atoms with Crippen LogP contribution in [-0.4, -0.2) is 30.0 Å². The van der Waals surface area contributed by atoms with Crippen molar-refractivity contribution < 1.29 is 14.9 Å². The molecule has 0 aliphatic heterocycles. The molecule has 3 N–H and O–H groups in total. The first-order valence-corrected chi connectivity index (χ1v) is 5.69. The first kappa shape index (κ1) is 13.8. The summed E-state index contributed by atoms with van der Waals surface area (Å²) in [6.45, 7) is 5.93. The first-order chi connectivity index (χ1) is 7.92. The van der Waals surface area contributed by atoms with Crippen molar-refractivity contribution in [3.05, 3.63) is 23.8 Å². The van der Waals surface area contributed by atoms with Crippen LogP contribution in [0.1, 0.15) is 26.3 Å². The molecule has 0 aliphatic carbocycles. The van der Waals surface area contributed by atoms with E-state index < -0.39 is 5.54 Å². The number of ether oxygens (including phenoxy) is 1. The number of methoxy groups -OCH3 is 1. The Morgan fingerprint density at radius 3 is 2.53 bits per heavy atom. The SMILES string of the molecule is COc1cc(C(C)(CO)NC(C)C)ccc1O. The molecule has 0 heterocycles. The van der Waals surface area contributed by atoms with Gasteiger partial charge in [-0.1, -0.05) is 6.07 Å². The van der Waals surface area contributed by atoms with Crippen LogP contribution in [0.5, 0.6) is 11.5 Å². The van der Waals surface area contributed by atoms with Crippen molar-refractivity contribution in [3.63, 3.8) is 0 Å². The molecule has 1 unspecified atom stereocenters. The summed E-state index contributed by atoms with van der Waals surface area (Å²) in [5.74, 6) is 0.508. The van der Waals surface area contributed by atoms with Crippen molar-refractivity contribution in [3.8, 4) is 11.5 Å². The molecule has 4 nitrogen and oxygen atoms in total. The lowest BCUT2D eigenvalue weighted by atomic mass is 9.91. The maximum Gasteiger partial charge on any atom is 0.160 e. The van der Waals surface area contributed by atoms with E-state index in [0.717, 1.165) is 5.56 Å². The molecule has 96 valence electrons. The molecule has 17 heavy (non-hydrogen) atoms. The number of hydrogen-bond acceptors (Lipinski definition) is 4. The molecule has 1 atom stereocenters. The van der Waals surface area contributed by atoms with Gasteiger partial charge in [-0.2, -0.15) is 0 Å². The van der Waals surface area contributed by atoms with Crippen molar-refractivity contribution in [1.82, 2.24) is 5.32 Å². The van der Waals surface area contributed by atoms with Gasteiger partial charge in [0.15, 0.2) is 11.5 Å². The van der Waals surface area contributed by atoms with Crippen LogP contribution in [0.3, 0.4) is 0 Å². The summed E-state index contributed by atoms with van der Waals surface area (Å²) >= 11 is 0. The van der Waals surface area contributed by atoms with Crippen molar-refractivity contribution in [2.24, 2.45) is 0 Å². The van der Waals surface area contributed by atoms with Gasteiger partial charge >= 0.3 is 0 Å². The maximum absolute atomic E-state index is 9.55. The zero-order valence-electron chi connectivity index (χ0n) is 10.8. The number of rotatable bonds is 5. The van der Waals surface area contributed by atoms with Gasteiger partial charge in [0, 0.05) is 6.04 Å². The Hall–Kier alpha value is -1.26. The predicted molar refractivity (Wildman–Crippen MR) is 67.4 cm³/mol. The third kappa shape index (κ3) is 3.11. The van der Waals surface area contributed by atoms with Gasteiger partial charge in [0.25, 0.3) is 0 Å². The van der Waals surface area contributed by atoms with Gasteiger partial charge in [-0.3, -0.25) is 0 Å². The molecule has 1 rings (SSSR count). The lowest BCUT2D eigenvalue weighted by molar-refractivity contribution is 0.165. The molecule has 1 aromatic rings. The highest BCUT2D eigenvalue weighted by Gasteiger charge is 2.27. The lowest BCUT2D eigenvalue weighted by Gasteiger charge is -2.32. The van der Waals surface area contributed by atoms with Crippen LogP contribution in [0.25, 0.3) is 0 Å². The molecule has 0 amide bonds. The second kappa shape index (κ2) is 5.38. The van der Waals surface area contributed by atoms with E-state index in [1.54, 1.807) is 18.2 Å². The summed E-state index contributed by atoms with van der Waals surface area (Å²) < 4.78 is 5.07. The minimum absolute atomic E-state index is 0.0287. The van der Waals surface area contributed by atoms with E-state index in [-0.39, 0.29) is 18.4 Å². The fourth-order valence-corrected chi connectivity index (χ4v) is 1.88. The fraction of sp³-hybridized carbons (Fsp3) is 0.538. The summed E-state index contributed by atoms with van der Waals surface area (Å²) in [6, 6.07) is 5.33. The Labute approximate surface area is 102 Å². The highest BCUT2D eigenvalue weighted by Crippen LogP contribution is 2.31. The van der Waals surface area contributed by atoms with Gasteiger partial charge < -0.3 is 20.3 Å². The third-order valence-electron chi connectivity index (χ3n) is 2.74. The molecule has 0 saturated heterocycles. The van der Waals surface area contributed by atoms with Gasteiger partial charge in [0.2, 0.25) is 0 Å². The number of benzene rings is 1. The fourth-order valence-electron chi connectivity index (χ4n) is 1.88. The third-order valence-corrected chi connectivity index (χ3v) is 2.74. The summed E-state index contributed by atoms with van der Waals surface area (Å²) in [5, 5.41) is 22.4. The number of aromatic hydroxyl groups is 1. The van der Waals surface area contributed by atoms with E-state index in [4.69, 9.17) is 4.74 Å². The van der Waals surface area contributed by atoms with E-state index in [1.807, 2.05) is 20.8 Å². The summed E-state index contributed by atoms with van der Waals surface area (Å²) in [7, 11) is 1.50. The number of phenols is 1. The number of phenolic OH excluding ortho intramolecular Hbond substituents is 1. The summed E-state index contributed by atoms with van der Waals surface area (Å²) in [5.41, 5.74) is 0.332. The Morgan fingerprint density at radius 2 is 2.06 bits per heavy atom. The van der Waals surface area contributed by atoms with Crippen molar-refractivity contribution in [1.29, 1.82) is 0 Å². The van der Waals surface area contributed by atoms with Gasteiger partial charge in [0.05, 0.1) is 19.3 Å². The second-order valence-electron chi connectivity index (χ2n) is 4.68. The first-order valence-electron chi connectivity index (χ1n) is 5.69. The zero-order chi connectivity index (χ0) is 13.1. The van der Waals surface area contributed by atoms with E-state index in [1.165, 1.54) is 7.11 Å². The molecular formula is C13H21NO3. The molecule has 0 aromatic heterocycles. The lowest BCUT2D eigenvalue weighted by Crippen LogP contribution is -2.46. The standard InChI is InChI=1S/C13H21NO3/c1-9(2)14-13(3,8-15)10-5-6-11(16)12(7-10)17-4/h5-7,9,14-16H,8H2,1-4H3. The van der Waals surface area contributed by atoms with Crippen LogP contribution in [0.2, 0.25) is 0 Å². The largest absolute Gasteiger partial charge is 0.504 e. The van der Waals surface area contributed by atoms with Gasteiger partial charge in [-0.25, -0.2) is 0 Å². The second-order valence-corrected chi connectivity index (χ2v) is 4.68. The van der Waals surface area contributed by atoms with Crippen LogP contribution in [0.4, 0.5) is 0 Å². The summed E-state index contributed by atoms with van der Waals surface area (Å²) in [4.78, 5) is 0. The Balaban J connectivity index is 3.11. The summed E-state index contributed by atoms with van der Waals surface area (Å²) in [6.07, 6.45) is 0. The normalized spacial score (nSPS) is 14.7. The van der Waals surface area contributed by atoms with Gasteiger partial charge in [-0.15, -0.1) is 0 Å². The minimum Gasteiger partial charge on any atom is -0.504 e. The van der Waals surface area contributed by atoms with E-state index >= 15 is 0 Å². The van der Waals surface area contributed by atoms with Gasteiger partial charge in [-0.05, 0) is 38.5 Å². The van der Waals surface area contributed by atoms with Crippen LogP contribution in [-0.2, 0) is 5.54 Å². The van der Waals surface area contributed by atoms with Crippen molar-refractivity contribution in [2.45, 2.75) is 32.4 Å². The highest BCUT2D eigenvalue weighted by molar-refractivity contribution is 5.44. The molecular weight excluding hydrogens is 218 g/mol. The van der Waals surface area contributed by atoms with Crippen molar-refractivity contribution >= 4 is 0 Å². The number of aliphatic hydroxyl groups excluding tert-OH is 1. The van der Waals surface area contributed by atoms with E-state index in [9.17, 15) is 10.2 Å². The Bertz CT molecular complexity index is 379. The average Bonchev–Trinajstić information content (AvgIpc) is 2.28. The Morgan fingerprint density at radius 1 is 1.41 bits per heavy atom. The van der Waals surface area contributed by atoms with Crippen LogP contribution >= 0.6 is 0 Å². The van der Waals surface area contributed by atoms with E-state index in [2.05, 4.69) is 5.32 Å². The number of aliphatic hydroxyl groups is 1. The monoisotopic (exact) mass is 239 g/mol. The smallest absolute Gasteiger partial charge is 0.160 e. The van der Waals surface area contributed by atoms with Crippen LogP contribution in [0, 0.1) is 0 Å². The topological polar surface area (TPSA) is 61.7 Å². The van der Waals surface area contributed by atoms with Crippen molar-refractivity contribution in [2.75, 3.05) is 13.7 Å². The Kier molecular flexibility index (Phi) is 4.37. The quantitative estimate of drug-likeness (QED) is 0.730. The molecule has 0 saturated carbocycles. The van der Waals surface area contributed by atoms with Crippen LogP contribution in [0.15, 0.2) is 18.2 Å². The maximum atomic E-state index is 9.55. The van der Waals surface area contributed by atoms with Crippen LogP contribution < -0.4 is 10.1 Å². The zero-order valence-corrected chi connectivity index (χ0v) is 10.8. The average molecular weight is 239 g/mol. The molecule has 1 aromatic carbocycles.